The molecule has 7 heteroatoms. The van der Waals surface area contributed by atoms with Crippen LogP contribution < -0.4 is 5.32 Å². The zero-order valence-electron chi connectivity index (χ0n) is 9.38. The van der Waals surface area contributed by atoms with Gasteiger partial charge >= 0.3 is 0 Å². The number of sulfonamides is 1. The smallest absolute Gasteiger partial charge is 0.285 e. The molecule has 17 heavy (non-hydrogen) atoms. The molecule has 0 unspecified atom stereocenters. The van der Waals surface area contributed by atoms with Gasteiger partial charge in [0.1, 0.15) is 0 Å². The second-order valence-electron chi connectivity index (χ2n) is 3.59. The molecule has 1 amide bonds. The molecule has 92 valence electrons. The van der Waals surface area contributed by atoms with E-state index in [1.165, 1.54) is 12.3 Å². The van der Waals surface area contributed by atoms with E-state index in [9.17, 15) is 13.2 Å². The van der Waals surface area contributed by atoms with Crippen molar-refractivity contribution < 1.29 is 13.2 Å². The molecule has 0 atom stereocenters. The summed E-state index contributed by atoms with van der Waals surface area (Å²) in [5, 5.41) is 2.84. The molecule has 0 bridgehead atoms. The number of carbonyl (C=O) groups is 1. The average Bonchev–Trinajstić information content (AvgIpc) is 2.51. The third kappa shape index (κ3) is 1.91. The first-order chi connectivity index (χ1) is 8.09. The van der Waals surface area contributed by atoms with E-state index in [-0.39, 0.29) is 17.1 Å². The molecule has 2 heterocycles. The van der Waals surface area contributed by atoms with Crippen molar-refractivity contribution in [3.05, 3.63) is 23.9 Å². The summed E-state index contributed by atoms with van der Waals surface area (Å²) in [4.78, 5) is 15.7. The fourth-order valence-corrected chi connectivity index (χ4v) is 3.17. The van der Waals surface area contributed by atoms with Gasteiger partial charge in [-0.15, -0.1) is 0 Å². The number of aromatic nitrogens is 1. The highest BCUT2D eigenvalue weighted by atomic mass is 32.2. The zero-order chi connectivity index (χ0) is 12.5. The number of rotatable bonds is 4. The number of hydrogen-bond donors (Lipinski definition) is 1. The van der Waals surface area contributed by atoms with E-state index in [4.69, 9.17) is 0 Å². The first kappa shape index (κ1) is 12.0. The molecule has 1 N–H and O–H groups in total. The molecule has 0 saturated heterocycles. The Labute approximate surface area is 99.7 Å². The van der Waals surface area contributed by atoms with E-state index in [1.54, 1.807) is 6.07 Å². The molecule has 1 aromatic rings. The molecule has 0 fully saturated rings. The molecule has 0 spiro atoms. The van der Waals surface area contributed by atoms with Crippen molar-refractivity contribution in [2.24, 2.45) is 0 Å². The van der Waals surface area contributed by atoms with Gasteiger partial charge in [-0.3, -0.25) is 4.79 Å². The van der Waals surface area contributed by atoms with Crippen LogP contribution in [0, 0.1) is 0 Å². The molecule has 1 aromatic heterocycles. The van der Waals surface area contributed by atoms with Crippen LogP contribution in [-0.2, 0) is 10.0 Å². The summed E-state index contributed by atoms with van der Waals surface area (Å²) < 4.78 is 24.9. The summed E-state index contributed by atoms with van der Waals surface area (Å²) >= 11 is 0. The predicted octanol–water partition coefficient (Wildman–Crippen LogP) is -0.164. The Morgan fingerprint density at radius 1 is 1.47 bits per heavy atom. The largest absolute Gasteiger partial charge is 0.315 e. The van der Waals surface area contributed by atoms with Crippen LogP contribution in [0.3, 0.4) is 0 Å². The number of pyridine rings is 1. The molecule has 0 saturated carbocycles. The van der Waals surface area contributed by atoms with E-state index >= 15 is 0 Å². The summed E-state index contributed by atoms with van der Waals surface area (Å²) in [7, 11) is -3.74. The lowest BCUT2D eigenvalue weighted by atomic mass is 10.3. The topological polar surface area (TPSA) is 79.4 Å². The van der Waals surface area contributed by atoms with Crippen molar-refractivity contribution in [1.29, 1.82) is 0 Å². The molecule has 1 aliphatic heterocycles. The van der Waals surface area contributed by atoms with Gasteiger partial charge in [-0.1, -0.05) is 6.92 Å². The lowest BCUT2D eigenvalue weighted by Gasteiger charge is -2.14. The molecular weight excluding hydrogens is 242 g/mol. The van der Waals surface area contributed by atoms with E-state index in [2.05, 4.69) is 10.3 Å². The van der Waals surface area contributed by atoms with Crippen molar-refractivity contribution in [3.63, 3.8) is 0 Å². The standard InChI is InChI=1S/C10H13N3O3S/c1-2-11-6-7-13-10(14)8-4-3-5-12-9(8)17(13,15)16/h3-5,11H,2,6-7H2,1H3. The summed E-state index contributed by atoms with van der Waals surface area (Å²) in [6.45, 7) is 3.21. The lowest BCUT2D eigenvalue weighted by Crippen LogP contribution is -2.36. The summed E-state index contributed by atoms with van der Waals surface area (Å²) in [5.41, 5.74) is 0.156. The highest BCUT2D eigenvalue weighted by Gasteiger charge is 2.41. The number of carbonyl (C=O) groups excluding carboxylic acids is 1. The van der Waals surface area contributed by atoms with E-state index in [0.29, 0.717) is 6.54 Å². The van der Waals surface area contributed by atoms with Crippen LogP contribution in [0.5, 0.6) is 0 Å². The van der Waals surface area contributed by atoms with Gasteiger partial charge in [0.05, 0.1) is 12.1 Å². The zero-order valence-corrected chi connectivity index (χ0v) is 10.2. The van der Waals surface area contributed by atoms with Crippen LogP contribution in [-0.4, -0.2) is 43.2 Å². The first-order valence-electron chi connectivity index (χ1n) is 5.32. The Morgan fingerprint density at radius 2 is 2.24 bits per heavy atom. The second kappa shape index (κ2) is 4.42. The van der Waals surface area contributed by atoms with Crippen molar-refractivity contribution in [1.82, 2.24) is 14.6 Å². The number of nitrogens with one attached hydrogen (secondary N) is 1. The molecule has 0 aromatic carbocycles. The van der Waals surface area contributed by atoms with Gasteiger partial charge < -0.3 is 5.32 Å². The Balaban J connectivity index is 2.31. The lowest BCUT2D eigenvalue weighted by molar-refractivity contribution is 0.0871. The predicted molar refractivity (Wildman–Crippen MR) is 61.0 cm³/mol. The maximum atomic E-state index is 12.0. The van der Waals surface area contributed by atoms with Crippen molar-refractivity contribution in [2.45, 2.75) is 11.9 Å². The Kier molecular flexibility index (Phi) is 3.12. The first-order valence-corrected chi connectivity index (χ1v) is 6.76. The van der Waals surface area contributed by atoms with Crippen LogP contribution in [0.25, 0.3) is 0 Å². The third-order valence-corrected chi connectivity index (χ3v) is 4.25. The number of nitrogens with zero attached hydrogens (tertiary/aromatic N) is 2. The summed E-state index contributed by atoms with van der Waals surface area (Å²) in [6, 6.07) is 3.04. The maximum Gasteiger partial charge on any atom is 0.285 e. The maximum absolute atomic E-state index is 12.0. The normalized spacial score (nSPS) is 17.2. The SMILES string of the molecule is CCNCCN1C(=O)c2cccnc2S1(=O)=O. The van der Waals surface area contributed by atoms with Crippen LogP contribution >= 0.6 is 0 Å². The molecule has 1 aliphatic rings. The minimum atomic E-state index is -3.74. The Hall–Kier alpha value is -1.47. The van der Waals surface area contributed by atoms with Crippen molar-refractivity contribution in [2.75, 3.05) is 19.6 Å². The van der Waals surface area contributed by atoms with Crippen LogP contribution in [0.2, 0.25) is 0 Å². The minimum Gasteiger partial charge on any atom is -0.315 e. The molecule has 0 aliphatic carbocycles. The quantitative estimate of drug-likeness (QED) is 0.756. The van der Waals surface area contributed by atoms with Gasteiger partial charge in [-0.2, -0.15) is 8.42 Å². The van der Waals surface area contributed by atoms with E-state index in [1.807, 2.05) is 6.92 Å². The Bertz CT molecular complexity index is 541. The number of amides is 1. The van der Waals surface area contributed by atoms with Crippen molar-refractivity contribution >= 4 is 15.9 Å². The van der Waals surface area contributed by atoms with Crippen LogP contribution in [0.15, 0.2) is 23.4 Å². The molecule has 2 rings (SSSR count). The Morgan fingerprint density at radius 3 is 2.88 bits per heavy atom. The number of likely N-dealkylation sites (N-methyl/N-ethyl adjacent to an activating group) is 1. The van der Waals surface area contributed by atoms with Crippen molar-refractivity contribution in [3.8, 4) is 0 Å². The minimum absolute atomic E-state index is 0.130. The number of fused-ring (bicyclic) bond motifs is 1. The highest BCUT2D eigenvalue weighted by Crippen LogP contribution is 2.27. The summed E-state index contributed by atoms with van der Waals surface area (Å²) in [5.74, 6) is -0.494. The second-order valence-corrected chi connectivity index (χ2v) is 5.37. The average molecular weight is 255 g/mol. The fourth-order valence-electron chi connectivity index (χ4n) is 1.69. The third-order valence-electron chi connectivity index (χ3n) is 2.50. The summed E-state index contributed by atoms with van der Waals surface area (Å²) in [6.07, 6.45) is 1.37. The molecular formula is C10H13N3O3S. The van der Waals surface area contributed by atoms with Gasteiger partial charge in [-0.25, -0.2) is 9.29 Å². The van der Waals surface area contributed by atoms with Gasteiger partial charge in [-0.05, 0) is 18.7 Å². The van der Waals surface area contributed by atoms with Crippen LogP contribution in [0.4, 0.5) is 0 Å². The van der Waals surface area contributed by atoms with Gasteiger partial charge in [0.15, 0.2) is 5.03 Å². The van der Waals surface area contributed by atoms with Gasteiger partial charge in [0, 0.05) is 12.7 Å². The van der Waals surface area contributed by atoms with Gasteiger partial charge in [0.2, 0.25) is 0 Å². The van der Waals surface area contributed by atoms with Crippen LogP contribution in [0.1, 0.15) is 17.3 Å². The van der Waals surface area contributed by atoms with E-state index < -0.39 is 15.9 Å². The number of hydrogen-bond acceptors (Lipinski definition) is 5. The fraction of sp³-hybridized carbons (Fsp3) is 0.400. The molecule has 6 nitrogen and oxygen atoms in total. The van der Waals surface area contributed by atoms with Gasteiger partial charge in [0.25, 0.3) is 15.9 Å². The van der Waals surface area contributed by atoms with E-state index in [0.717, 1.165) is 10.8 Å². The monoisotopic (exact) mass is 255 g/mol. The molecule has 0 radical (unpaired) electrons. The highest BCUT2D eigenvalue weighted by molar-refractivity contribution is 7.90.